The number of aromatic nitrogens is 2. The highest BCUT2D eigenvalue weighted by Crippen LogP contribution is 2.26. The monoisotopic (exact) mass is 482 g/mol. The number of carbonyl (C=O) groups excluding carboxylic acids is 2. The maximum absolute atomic E-state index is 12.4. The molecule has 0 aliphatic carbocycles. The van der Waals surface area contributed by atoms with Gasteiger partial charge in [0.1, 0.15) is 0 Å². The van der Waals surface area contributed by atoms with Gasteiger partial charge in [-0.3, -0.25) is 9.59 Å². The highest BCUT2D eigenvalue weighted by molar-refractivity contribution is 7.14. The number of hydrogen-bond acceptors (Lipinski definition) is 6. The molecule has 1 saturated heterocycles. The van der Waals surface area contributed by atoms with Gasteiger partial charge in [-0.1, -0.05) is 18.2 Å². The summed E-state index contributed by atoms with van der Waals surface area (Å²) in [6.07, 6.45) is 4.72. The van der Waals surface area contributed by atoms with Crippen LogP contribution in [-0.2, 0) is 26.4 Å². The van der Waals surface area contributed by atoms with E-state index in [1.165, 1.54) is 11.3 Å². The van der Waals surface area contributed by atoms with Crippen LogP contribution in [0.15, 0.2) is 48.1 Å². The summed E-state index contributed by atoms with van der Waals surface area (Å²) in [5.74, 6) is -0.619. The summed E-state index contributed by atoms with van der Waals surface area (Å²) in [7, 11) is 0. The molecule has 180 valence electrons. The van der Waals surface area contributed by atoms with Gasteiger partial charge >= 0.3 is 0 Å². The molecule has 3 aromatic rings. The first kappa shape index (κ1) is 24.1. The van der Waals surface area contributed by atoms with Crippen LogP contribution in [0.2, 0.25) is 0 Å². The Morgan fingerprint density at radius 3 is 2.88 bits per heavy atom. The van der Waals surface area contributed by atoms with Crippen molar-refractivity contribution >= 4 is 28.3 Å². The van der Waals surface area contributed by atoms with E-state index in [0.29, 0.717) is 23.9 Å². The minimum atomic E-state index is -0.328. The van der Waals surface area contributed by atoms with Crippen molar-refractivity contribution in [2.45, 2.75) is 45.4 Å². The number of carbonyl (C=O) groups is 2. The third-order valence-corrected chi connectivity index (χ3v) is 6.24. The third-order valence-electron chi connectivity index (χ3n) is 5.49. The van der Waals surface area contributed by atoms with Gasteiger partial charge in [0.05, 0.1) is 37.1 Å². The normalized spacial score (nSPS) is 15.9. The number of hydrogen-bond donors (Lipinski definition) is 2. The number of benzene rings is 1. The van der Waals surface area contributed by atoms with E-state index in [9.17, 15) is 9.59 Å². The molecule has 1 aromatic carbocycles. The van der Waals surface area contributed by atoms with Crippen molar-refractivity contribution in [2.75, 3.05) is 25.1 Å². The van der Waals surface area contributed by atoms with Gasteiger partial charge in [-0.25, -0.2) is 4.98 Å². The Morgan fingerprint density at radius 1 is 1.29 bits per heavy atom. The molecule has 1 atom stereocenters. The predicted molar refractivity (Wildman–Crippen MR) is 132 cm³/mol. The van der Waals surface area contributed by atoms with Crippen LogP contribution < -0.4 is 10.6 Å². The molecule has 8 nitrogen and oxygen atoms in total. The lowest BCUT2D eigenvalue weighted by atomic mass is 10.1. The van der Waals surface area contributed by atoms with Gasteiger partial charge in [-0.2, -0.15) is 0 Å². The second kappa shape index (κ2) is 10.5. The fraction of sp³-hybridized carbons (Fsp3) is 0.400. The van der Waals surface area contributed by atoms with E-state index < -0.39 is 0 Å². The number of nitrogens with one attached hydrogen (secondary N) is 2. The van der Waals surface area contributed by atoms with E-state index in [4.69, 9.17) is 9.47 Å². The molecule has 34 heavy (non-hydrogen) atoms. The van der Waals surface area contributed by atoms with Crippen molar-refractivity contribution in [1.82, 2.24) is 14.9 Å². The van der Waals surface area contributed by atoms with Gasteiger partial charge in [0, 0.05) is 35.5 Å². The maximum atomic E-state index is 12.4. The molecular weight excluding hydrogens is 452 g/mol. The largest absolute Gasteiger partial charge is 0.379 e. The molecule has 1 aliphatic rings. The summed E-state index contributed by atoms with van der Waals surface area (Å²) in [6.45, 7) is 7.97. The average molecular weight is 483 g/mol. The molecule has 9 heteroatoms. The molecule has 1 aliphatic heterocycles. The molecule has 0 bridgehead atoms. The standard InChI is InChI=1S/C25H30N4O4S/c1-25(2,3)29-9-7-19(13-29)23(31)26-12-22(30)28-24-27-21(16-34-24)18-6-4-5-17(11-18)14-33-20-8-10-32-15-20/h4-7,9,11,13,16,20H,8,10,12,14-15H2,1-3H3,(H,26,31)(H,27,28,30). The lowest BCUT2D eigenvalue weighted by molar-refractivity contribution is -0.115. The fourth-order valence-electron chi connectivity index (χ4n) is 3.52. The number of nitrogens with zero attached hydrogens (tertiary/aromatic N) is 2. The zero-order valence-corrected chi connectivity index (χ0v) is 20.5. The molecular formula is C25H30N4O4S. The van der Waals surface area contributed by atoms with E-state index in [0.717, 1.165) is 29.8 Å². The quantitative estimate of drug-likeness (QED) is 0.505. The first-order valence-corrected chi connectivity index (χ1v) is 12.2. The highest BCUT2D eigenvalue weighted by atomic mass is 32.1. The molecule has 3 heterocycles. The Morgan fingerprint density at radius 2 is 2.15 bits per heavy atom. The minimum Gasteiger partial charge on any atom is -0.379 e. The van der Waals surface area contributed by atoms with Gasteiger partial charge in [0.2, 0.25) is 5.91 Å². The number of amides is 2. The Hall–Kier alpha value is -3.01. The van der Waals surface area contributed by atoms with Crippen molar-refractivity contribution in [3.8, 4) is 11.3 Å². The summed E-state index contributed by atoms with van der Waals surface area (Å²) in [6, 6.07) is 9.76. The molecule has 4 rings (SSSR count). The summed E-state index contributed by atoms with van der Waals surface area (Å²) in [5, 5.41) is 7.79. The average Bonchev–Trinajstić information content (AvgIpc) is 3.58. The van der Waals surface area contributed by atoms with Crippen molar-refractivity contribution in [3.63, 3.8) is 0 Å². The van der Waals surface area contributed by atoms with Crippen molar-refractivity contribution < 1.29 is 19.1 Å². The second-order valence-corrected chi connectivity index (χ2v) is 10.1. The molecule has 1 fully saturated rings. The number of thiazole rings is 1. The van der Waals surface area contributed by atoms with Gasteiger partial charge in [-0.05, 0) is 44.9 Å². The highest BCUT2D eigenvalue weighted by Gasteiger charge is 2.17. The van der Waals surface area contributed by atoms with Crippen LogP contribution in [0.4, 0.5) is 5.13 Å². The lowest BCUT2D eigenvalue weighted by Gasteiger charge is -2.20. The Kier molecular flexibility index (Phi) is 7.45. The van der Waals surface area contributed by atoms with Gasteiger partial charge in [-0.15, -0.1) is 11.3 Å². The van der Waals surface area contributed by atoms with Gasteiger partial charge < -0.3 is 24.7 Å². The minimum absolute atomic E-state index is 0.115. The topological polar surface area (TPSA) is 94.5 Å². The first-order chi connectivity index (χ1) is 16.3. The molecule has 0 spiro atoms. The summed E-state index contributed by atoms with van der Waals surface area (Å²) >= 11 is 1.34. The van der Waals surface area contributed by atoms with Crippen LogP contribution in [0.5, 0.6) is 0 Å². The van der Waals surface area contributed by atoms with Crippen molar-refractivity contribution in [1.29, 1.82) is 0 Å². The molecule has 2 aromatic heterocycles. The summed E-state index contributed by atoms with van der Waals surface area (Å²) < 4.78 is 13.2. The molecule has 0 radical (unpaired) electrons. The van der Waals surface area contributed by atoms with E-state index in [-0.39, 0.29) is 30.0 Å². The summed E-state index contributed by atoms with van der Waals surface area (Å²) in [4.78, 5) is 29.2. The molecule has 2 N–H and O–H groups in total. The second-order valence-electron chi connectivity index (χ2n) is 9.24. The predicted octanol–water partition coefficient (Wildman–Crippen LogP) is 4.04. The molecule has 1 unspecified atom stereocenters. The van der Waals surface area contributed by atoms with Crippen molar-refractivity contribution in [3.05, 3.63) is 59.2 Å². The molecule has 0 saturated carbocycles. The SMILES string of the molecule is CC(C)(C)n1ccc(C(=O)NCC(=O)Nc2nc(-c3cccc(COC4CCOC4)c3)cs2)c1. The Bertz CT molecular complexity index is 1140. The number of ether oxygens (including phenoxy) is 2. The van der Waals surface area contributed by atoms with Gasteiger partial charge in [0.15, 0.2) is 5.13 Å². The lowest BCUT2D eigenvalue weighted by Crippen LogP contribution is -2.32. The Balaban J connectivity index is 1.28. The van der Waals surface area contributed by atoms with E-state index in [1.807, 2.05) is 40.4 Å². The number of anilines is 1. The van der Waals surface area contributed by atoms with Crippen LogP contribution in [0.1, 0.15) is 43.1 Å². The van der Waals surface area contributed by atoms with Crippen LogP contribution in [0, 0.1) is 0 Å². The Labute approximate surface area is 203 Å². The van der Waals surface area contributed by atoms with Crippen LogP contribution in [0.25, 0.3) is 11.3 Å². The van der Waals surface area contributed by atoms with E-state index >= 15 is 0 Å². The van der Waals surface area contributed by atoms with Crippen LogP contribution >= 0.6 is 11.3 Å². The van der Waals surface area contributed by atoms with Crippen LogP contribution in [-0.4, -0.2) is 47.2 Å². The fourth-order valence-corrected chi connectivity index (χ4v) is 4.25. The van der Waals surface area contributed by atoms with E-state index in [1.54, 1.807) is 12.3 Å². The van der Waals surface area contributed by atoms with Crippen molar-refractivity contribution in [2.24, 2.45) is 0 Å². The number of rotatable bonds is 8. The smallest absolute Gasteiger partial charge is 0.253 e. The third kappa shape index (κ3) is 6.31. The van der Waals surface area contributed by atoms with Gasteiger partial charge in [0.25, 0.3) is 5.91 Å². The maximum Gasteiger partial charge on any atom is 0.253 e. The molecule has 2 amide bonds. The summed E-state index contributed by atoms with van der Waals surface area (Å²) in [5.41, 5.74) is 3.20. The zero-order chi connectivity index (χ0) is 24.1. The van der Waals surface area contributed by atoms with E-state index in [2.05, 4.69) is 36.4 Å². The zero-order valence-electron chi connectivity index (χ0n) is 19.7. The van der Waals surface area contributed by atoms with Crippen LogP contribution in [0.3, 0.4) is 0 Å². The first-order valence-electron chi connectivity index (χ1n) is 11.3.